The van der Waals surface area contributed by atoms with Gasteiger partial charge in [0.2, 0.25) is 32.0 Å². The number of carbonyl (C=O) groups excluding carboxylic acids is 2. The van der Waals surface area contributed by atoms with Crippen LogP contribution in [0.3, 0.4) is 0 Å². The van der Waals surface area contributed by atoms with Gasteiger partial charge in [-0.15, -0.1) is 4.90 Å². The van der Waals surface area contributed by atoms with Gasteiger partial charge in [-0.05, 0) is 173 Å². The van der Waals surface area contributed by atoms with Crippen LogP contribution in [0.25, 0.3) is 39.5 Å². The highest BCUT2D eigenvalue weighted by Crippen LogP contribution is 2.38. The molecule has 426 valence electrons. The fraction of sp³-hybridized carbons (Fsp3) is 0.309. The molecule has 2 atom stereocenters. The maximum atomic E-state index is 15.0. The summed E-state index contributed by atoms with van der Waals surface area (Å²) < 4.78 is 122. The first kappa shape index (κ1) is 62.5. The van der Waals surface area contributed by atoms with Gasteiger partial charge in [0.25, 0.3) is 0 Å². The van der Waals surface area contributed by atoms with Gasteiger partial charge in [-0.3, -0.25) is 4.98 Å². The van der Waals surface area contributed by atoms with Gasteiger partial charge in [-0.2, -0.15) is 0 Å². The number of aliphatic imine (C=N–C) groups is 2. The lowest BCUT2D eigenvalue weighted by Gasteiger charge is -2.39. The number of nitrogens with two attached hydrogens (primary N) is 1. The third-order valence-electron chi connectivity index (χ3n) is 11.8. The summed E-state index contributed by atoms with van der Waals surface area (Å²) in [7, 11) is -5.63. The third-order valence-corrected chi connectivity index (χ3v) is 16.6. The van der Waals surface area contributed by atoms with Crippen LogP contribution in [-0.4, -0.2) is 101 Å². The molecule has 6 aromatic rings. The number of sulfonamides is 2. The summed E-state index contributed by atoms with van der Waals surface area (Å²) in [6, 6.07) is 22.0. The maximum absolute atomic E-state index is 15.0. The van der Waals surface area contributed by atoms with Gasteiger partial charge < -0.3 is 15.2 Å². The number of fused-ring (bicyclic) bond motifs is 2. The standard InChI is InChI=1S/C24H33F2N3O6S.C22H19ClF2N4O2S.C9H5BrClN/c1-15(25)12-16-10-11-18(26)17(13-16)24(8)14-36(32,33)28(9)19(27-24)29(20(30)34-22(2,3)4)21(31)35-23(5,6)7;1-22(12-32(30,31)29(2)21(26)28-22)17-7-13(3-6-18(17)24)8-19(25)20-10-15-9-16(23)5-4-14(15)11-27-20;10-9-4-7-3-8(11)2-1-6(7)5-12-9/h10-13H,14H2,1-9H3;3-11H,12H2,1-2H3,(H2,26,28);1-5H/b15-12-;19-8-;/t24-;22-;/m00./s1. The highest BCUT2D eigenvalue weighted by atomic mass is 79.9. The van der Waals surface area contributed by atoms with Crippen molar-refractivity contribution < 1.29 is 53.5 Å². The molecule has 16 nitrogen and oxygen atoms in total. The van der Waals surface area contributed by atoms with Crippen molar-refractivity contribution in [2.75, 3.05) is 25.6 Å². The number of rotatable bonds is 5. The lowest BCUT2D eigenvalue weighted by Crippen LogP contribution is -2.58. The summed E-state index contributed by atoms with van der Waals surface area (Å²) >= 11 is 15.1. The maximum Gasteiger partial charge on any atom is 0.427 e. The van der Waals surface area contributed by atoms with Gasteiger partial charge in [0.1, 0.15) is 44.3 Å². The van der Waals surface area contributed by atoms with Crippen molar-refractivity contribution in [1.29, 1.82) is 0 Å². The zero-order valence-electron chi connectivity index (χ0n) is 45.2. The number of benzene rings is 4. The molecule has 0 saturated carbocycles. The van der Waals surface area contributed by atoms with Gasteiger partial charge in [0.15, 0.2) is 0 Å². The lowest BCUT2D eigenvalue weighted by molar-refractivity contribution is 0.0132. The molecule has 0 fully saturated rings. The van der Waals surface area contributed by atoms with Gasteiger partial charge in [-0.1, -0.05) is 47.5 Å². The number of hydrogen-bond donors (Lipinski definition) is 1. The third kappa shape index (κ3) is 15.4. The Morgan fingerprint density at radius 1 is 0.675 bits per heavy atom. The second kappa shape index (κ2) is 23.8. The molecule has 2 amide bonds. The molecule has 25 heteroatoms. The molecular weight excluding hydrogens is 1190 g/mol. The number of nitrogens with zero attached hydrogens (tertiary/aromatic N) is 7. The van der Waals surface area contributed by atoms with E-state index in [1.54, 1.807) is 65.8 Å². The van der Waals surface area contributed by atoms with Crippen LogP contribution in [-0.2, 0) is 40.6 Å². The van der Waals surface area contributed by atoms with Gasteiger partial charge in [0, 0.05) is 58.4 Å². The summed E-state index contributed by atoms with van der Waals surface area (Å²) in [6.45, 7) is 13.4. The second-order valence-corrected chi connectivity index (χ2v) is 26.6. The van der Waals surface area contributed by atoms with Crippen molar-refractivity contribution in [3.8, 4) is 0 Å². The topological polar surface area (TPSA) is 207 Å². The molecule has 0 saturated heterocycles. The molecule has 8 rings (SSSR count). The number of ether oxygens (including phenoxy) is 2. The second-order valence-electron chi connectivity index (χ2n) is 20.9. The molecular formula is C55H57BrCl2F4N8O8S2. The van der Waals surface area contributed by atoms with E-state index in [1.807, 2.05) is 30.5 Å². The summed E-state index contributed by atoms with van der Waals surface area (Å²) in [4.78, 5) is 43.4. The summed E-state index contributed by atoms with van der Waals surface area (Å²) in [5.74, 6) is -4.69. The first-order valence-corrected chi connectivity index (χ1v) is 28.9. The number of guanidine groups is 2. The van der Waals surface area contributed by atoms with E-state index in [4.69, 9.17) is 38.4 Å². The first-order chi connectivity index (χ1) is 36.9. The molecule has 4 heterocycles. The Morgan fingerprint density at radius 2 is 1.12 bits per heavy atom. The monoisotopic (exact) mass is 1250 g/mol. The lowest BCUT2D eigenvalue weighted by atomic mass is 9.92. The van der Waals surface area contributed by atoms with E-state index in [1.165, 1.54) is 64.4 Å². The molecule has 0 aliphatic carbocycles. The van der Waals surface area contributed by atoms with E-state index in [0.29, 0.717) is 19.8 Å². The van der Waals surface area contributed by atoms with E-state index in [9.17, 15) is 44.0 Å². The highest BCUT2D eigenvalue weighted by Gasteiger charge is 2.48. The molecule has 2 aliphatic rings. The van der Waals surface area contributed by atoms with E-state index in [0.717, 1.165) is 60.7 Å². The van der Waals surface area contributed by atoms with Crippen molar-refractivity contribution in [3.63, 3.8) is 0 Å². The SMILES string of the molecule is C/C(F)=C/c1ccc(F)c([C@]2(C)CS(=O)(=O)N(C)C(N(C(=O)OC(C)(C)C)C(=O)OC(C)(C)C)=N2)c1.CN1C(N)=N[C@](C)(c2cc(/C=C(\F)c3cc4cc(Cl)ccc4cn3)ccc2F)CS1(=O)=O.Clc1ccc2cnc(Br)cc2c1. The number of aromatic nitrogens is 2. The van der Waals surface area contributed by atoms with Crippen LogP contribution in [0.2, 0.25) is 10.0 Å². The number of hydrogen-bond acceptors (Lipinski definition) is 13. The van der Waals surface area contributed by atoms with Crippen LogP contribution < -0.4 is 5.73 Å². The number of allylic oxidation sites excluding steroid dienone is 1. The minimum absolute atomic E-state index is 0.00284. The Morgan fingerprint density at radius 3 is 1.60 bits per heavy atom. The minimum atomic E-state index is -4.23. The van der Waals surface area contributed by atoms with Crippen LogP contribution in [0.4, 0.5) is 27.2 Å². The van der Waals surface area contributed by atoms with Crippen molar-refractivity contribution in [2.45, 2.75) is 84.6 Å². The minimum Gasteiger partial charge on any atom is -0.443 e. The Hall–Kier alpha value is -6.66. The average molecular weight is 1250 g/mol. The fourth-order valence-electron chi connectivity index (χ4n) is 8.04. The Bertz CT molecular complexity index is 3720. The average Bonchev–Trinajstić information content (AvgIpc) is 3.53. The van der Waals surface area contributed by atoms with E-state index in [2.05, 4.69) is 35.9 Å². The first-order valence-electron chi connectivity index (χ1n) is 24.1. The van der Waals surface area contributed by atoms with Crippen LogP contribution in [0.1, 0.15) is 90.3 Å². The van der Waals surface area contributed by atoms with E-state index in [-0.39, 0.29) is 28.3 Å². The van der Waals surface area contributed by atoms with Crippen molar-refractivity contribution in [1.82, 2.24) is 23.5 Å². The van der Waals surface area contributed by atoms with Crippen LogP contribution in [0, 0.1) is 11.6 Å². The van der Waals surface area contributed by atoms with Crippen LogP contribution in [0.5, 0.6) is 0 Å². The van der Waals surface area contributed by atoms with Crippen LogP contribution >= 0.6 is 39.1 Å². The van der Waals surface area contributed by atoms with E-state index < -0.39 is 95.3 Å². The quantitative estimate of drug-likeness (QED) is 0.127. The van der Waals surface area contributed by atoms with Gasteiger partial charge in [-0.25, -0.2) is 67.6 Å². The highest BCUT2D eigenvalue weighted by molar-refractivity contribution is 9.10. The zero-order valence-corrected chi connectivity index (χ0v) is 50.0. The smallest absolute Gasteiger partial charge is 0.427 e. The van der Waals surface area contributed by atoms with Crippen molar-refractivity contribution in [3.05, 3.63) is 157 Å². The van der Waals surface area contributed by atoms with Crippen molar-refractivity contribution in [2.24, 2.45) is 15.7 Å². The van der Waals surface area contributed by atoms with Gasteiger partial charge in [0.05, 0.1) is 23.0 Å². The predicted molar refractivity (Wildman–Crippen MR) is 309 cm³/mol. The zero-order chi connectivity index (χ0) is 59.7. The van der Waals surface area contributed by atoms with E-state index >= 15 is 0 Å². The van der Waals surface area contributed by atoms with Gasteiger partial charge >= 0.3 is 12.2 Å². The summed E-state index contributed by atoms with van der Waals surface area (Å²) in [6.07, 6.45) is 3.23. The summed E-state index contributed by atoms with van der Waals surface area (Å²) in [5, 5.41) is 5.00. The molecule has 0 spiro atoms. The number of pyridine rings is 2. The molecule has 2 aromatic heterocycles. The molecule has 0 bridgehead atoms. The fourth-order valence-corrected chi connectivity index (χ4v) is 11.7. The number of carbonyl (C=O) groups is 2. The predicted octanol–water partition coefficient (Wildman–Crippen LogP) is 13.1. The Balaban J connectivity index is 0.000000214. The largest absolute Gasteiger partial charge is 0.443 e. The molecule has 0 unspecified atom stereocenters. The number of halogens is 7. The Kier molecular flexibility index (Phi) is 18.6. The Labute approximate surface area is 480 Å². The molecule has 4 aromatic carbocycles. The number of imide groups is 1. The molecule has 0 radical (unpaired) electrons. The molecule has 2 N–H and O–H groups in total. The molecule has 80 heavy (non-hydrogen) atoms. The van der Waals surface area contributed by atoms with Crippen molar-refractivity contribution >= 4 is 123 Å². The van der Waals surface area contributed by atoms with Crippen LogP contribution in [0.15, 0.2) is 118 Å². The summed E-state index contributed by atoms with van der Waals surface area (Å²) in [5.41, 5.74) is 0.906. The number of amides is 2. The normalized spacial score (nSPS) is 19.2. The molecule has 2 aliphatic heterocycles.